The van der Waals surface area contributed by atoms with Crippen molar-refractivity contribution in [3.05, 3.63) is 35.4 Å². The number of carbonyl (C=O) groups is 1. The van der Waals surface area contributed by atoms with Crippen molar-refractivity contribution in [2.24, 2.45) is 0 Å². The van der Waals surface area contributed by atoms with Gasteiger partial charge in [0.2, 0.25) is 5.88 Å². The monoisotopic (exact) mass is 304 g/mol. The molecule has 0 aliphatic carbocycles. The van der Waals surface area contributed by atoms with E-state index in [-0.39, 0.29) is 6.03 Å². The first kappa shape index (κ1) is 14.5. The molecule has 3 rings (SSSR count). The Morgan fingerprint density at radius 1 is 1.50 bits per heavy atom. The van der Waals surface area contributed by atoms with Gasteiger partial charge in [-0.2, -0.15) is 0 Å². The van der Waals surface area contributed by atoms with E-state index in [0.29, 0.717) is 31.4 Å². The zero-order valence-corrected chi connectivity index (χ0v) is 12.5. The Labute approximate surface area is 128 Å². The topological polar surface area (TPSA) is 97.5 Å². The molecule has 2 amide bonds. The summed E-state index contributed by atoms with van der Waals surface area (Å²) in [4.78, 5) is 13.9. The lowest BCUT2D eigenvalue weighted by Crippen LogP contribution is -2.43. The number of nitrogens with two attached hydrogens (primary N) is 1. The molecule has 1 saturated heterocycles. The molecule has 7 nitrogen and oxygen atoms in total. The highest BCUT2D eigenvalue weighted by atomic mass is 16.5. The van der Waals surface area contributed by atoms with Gasteiger partial charge in [0.1, 0.15) is 5.76 Å². The van der Waals surface area contributed by atoms with E-state index in [1.54, 1.807) is 12.3 Å². The molecule has 0 spiro atoms. The normalized spacial score (nSPS) is 16.0. The molecule has 2 aromatic rings. The number of furan rings is 1. The summed E-state index contributed by atoms with van der Waals surface area (Å²) in [6.07, 6.45) is 3.32. The molecule has 3 N–H and O–H groups in total. The van der Waals surface area contributed by atoms with Crippen LogP contribution in [0.1, 0.15) is 35.8 Å². The Hall–Kier alpha value is -2.44. The number of nitrogens with one attached hydrogen (secondary N) is 1. The number of nitrogen functional groups attached to an aromatic ring is 1. The van der Waals surface area contributed by atoms with Gasteiger partial charge in [-0.15, -0.1) is 0 Å². The first-order valence-corrected chi connectivity index (χ1v) is 7.42. The molecular formula is C15H20N4O3. The van der Waals surface area contributed by atoms with Crippen LogP contribution in [0.4, 0.5) is 10.7 Å². The van der Waals surface area contributed by atoms with Gasteiger partial charge in [-0.3, -0.25) is 0 Å². The second kappa shape index (κ2) is 6.13. The lowest BCUT2D eigenvalue weighted by Gasteiger charge is -2.31. The number of piperidine rings is 1. The molecule has 0 atom stereocenters. The van der Waals surface area contributed by atoms with Gasteiger partial charge in [0.05, 0.1) is 18.5 Å². The number of urea groups is 1. The van der Waals surface area contributed by atoms with Crippen molar-refractivity contribution in [3.8, 4) is 0 Å². The highest BCUT2D eigenvalue weighted by molar-refractivity contribution is 5.74. The third-order valence-corrected chi connectivity index (χ3v) is 4.16. The summed E-state index contributed by atoms with van der Waals surface area (Å²) in [6.45, 7) is 3.72. The number of hydrogen-bond acceptors (Lipinski definition) is 5. The van der Waals surface area contributed by atoms with E-state index in [9.17, 15) is 4.79 Å². The first-order chi connectivity index (χ1) is 10.6. The van der Waals surface area contributed by atoms with Crippen molar-refractivity contribution < 1.29 is 13.7 Å². The molecule has 7 heteroatoms. The van der Waals surface area contributed by atoms with Crippen LogP contribution in [0.3, 0.4) is 0 Å². The summed E-state index contributed by atoms with van der Waals surface area (Å²) in [7, 11) is 0. The van der Waals surface area contributed by atoms with E-state index >= 15 is 0 Å². The molecule has 118 valence electrons. The second-order valence-corrected chi connectivity index (χ2v) is 5.56. The van der Waals surface area contributed by atoms with Crippen molar-refractivity contribution in [3.63, 3.8) is 0 Å². The van der Waals surface area contributed by atoms with Crippen molar-refractivity contribution >= 4 is 11.9 Å². The minimum Gasteiger partial charge on any atom is -0.467 e. The molecule has 0 radical (unpaired) electrons. The summed E-state index contributed by atoms with van der Waals surface area (Å²) in [5.74, 6) is 1.43. The third-order valence-electron chi connectivity index (χ3n) is 4.16. The van der Waals surface area contributed by atoms with E-state index in [1.807, 2.05) is 17.9 Å². The van der Waals surface area contributed by atoms with Crippen molar-refractivity contribution in [1.29, 1.82) is 0 Å². The van der Waals surface area contributed by atoms with Gasteiger partial charge in [0.15, 0.2) is 0 Å². The summed E-state index contributed by atoms with van der Waals surface area (Å²) in [5.41, 5.74) is 7.54. The van der Waals surface area contributed by atoms with Crippen molar-refractivity contribution in [1.82, 2.24) is 15.4 Å². The largest absolute Gasteiger partial charge is 0.467 e. The Morgan fingerprint density at radius 3 is 2.86 bits per heavy atom. The van der Waals surface area contributed by atoms with Crippen LogP contribution in [0.2, 0.25) is 0 Å². The van der Waals surface area contributed by atoms with Crippen LogP contribution < -0.4 is 11.1 Å². The molecule has 2 aromatic heterocycles. The van der Waals surface area contributed by atoms with E-state index < -0.39 is 0 Å². The zero-order chi connectivity index (χ0) is 15.5. The molecule has 3 heterocycles. The predicted octanol–water partition coefficient (Wildman–Crippen LogP) is 2.25. The lowest BCUT2D eigenvalue weighted by molar-refractivity contribution is 0.179. The average Bonchev–Trinajstić information content (AvgIpc) is 3.16. The van der Waals surface area contributed by atoms with Crippen LogP contribution in [0.25, 0.3) is 0 Å². The SMILES string of the molecule is Cc1c(C2CCN(C(=O)NCc3ccco3)CC2)noc1N. The molecule has 0 unspecified atom stereocenters. The summed E-state index contributed by atoms with van der Waals surface area (Å²) in [5, 5.41) is 6.91. The van der Waals surface area contributed by atoms with Gasteiger partial charge >= 0.3 is 6.03 Å². The van der Waals surface area contributed by atoms with Gasteiger partial charge in [-0.1, -0.05) is 5.16 Å². The summed E-state index contributed by atoms with van der Waals surface area (Å²) >= 11 is 0. The lowest BCUT2D eigenvalue weighted by atomic mass is 9.91. The molecule has 1 fully saturated rings. The maximum atomic E-state index is 12.1. The molecular weight excluding hydrogens is 284 g/mol. The van der Waals surface area contributed by atoms with E-state index in [2.05, 4.69) is 10.5 Å². The van der Waals surface area contributed by atoms with Crippen molar-refractivity contribution in [2.45, 2.75) is 32.2 Å². The van der Waals surface area contributed by atoms with Crippen molar-refractivity contribution in [2.75, 3.05) is 18.8 Å². The Morgan fingerprint density at radius 2 is 2.27 bits per heavy atom. The average molecular weight is 304 g/mol. The Balaban J connectivity index is 1.51. The molecule has 0 aromatic carbocycles. The number of rotatable bonds is 3. The molecule has 1 aliphatic rings. The molecule has 0 saturated carbocycles. The highest BCUT2D eigenvalue weighted by Gasteiger charge is 2.27. The standard InChI is InChI=1S/C15H20N4O3/c1-10-13(18-22-14(10)16)11-4-6-19(7-5-11)15(20)17-9-12-3-2-8-21-12/h2-3,8,11H,4-7,9,16H2,1H3,(H,17,20). The van der Waals surface area contributed by atoms with Gasteiger partial charge in [-0.05, 0) is 31.9 Å². The van der Waals surface area contributed by atoms with Crippen LogP contribution in [0.5, 0.6) is 0 Å². The van der Waals surface area contributed by atoms with E-state index in [0.717, 1.165) is 29.9 Å². The zero-order valence-electron chi connectivity index (χ0n) is 12.5. The predicted molar refractivity (Wildman–Crippen MR) is 80.1 cm³/mol. The minimum absolute atomic E-state index is 0.0637. The highest BCUT2D eigenvalue weighted by Crippen LogP contribution is 2.31. The fraction of sp³-hybridized carbons (Fsp3) is 0.467. The summed E-state index contributed by atoms with van der Waals surface area (Å²) < 4.78 is 10.2. The maximum Gasteiger partial charge on any atom is 0.317 e. The number of hydrogen-bond donors (Lipinski definition) is 2. The third kappa shape index (κ3) is 2.93. The van der Waals surface area contributed by atoms with E-state index in [4.69, 9.17) is 14.7 Å². The molecule has 0 bridgehead atoms. The molecule has 22 heavy (non-hydrogen) atoms. The van der Waals surface area contributed by atoms with Gasteiger partial charge in [0.25, 0.3) is 0 Å². The number of aromatic nitrogens is 1. The number of amides is 2. The molecule has 1 aliphatic heterocycles. The Kier molecular flexibility index (Phi) is 4.04. The van der Waals surface area contributed by atoms with Crippen LogP contribution in [0.15, 0.2) is 27.3 Å². The smallest absolute Gasteiger partial charge is 0.317 e. The van der Waals surface area contributed by atoms with Crippen LogP contribution in [-0.2, 0) is 6.54 Å². The van der Waals surface area contributed by atoms with Gasteiger partial charge < -0.3 is 24.9 Å². The quantitative estimate of drug-likeness (QED) is 0.906. The fourth-order valence-corrected chi connectivity index (χ4v) is 2.79. The summed E-state index contributed by atoms with van der Waals surface area (Å²) in [6, 6.07) is 3.58. The minimum atomic E-state index is -0.0637. The Bertz CT molecular complexity index is 627. The van der Waals surface area contributed by atoms with Crippen LogP contribution in [-0.4, -0.2) is 29.2 Å². The first-order valence-electron chi connectivity index (χ1n) is 7.42. The van der Waals surface area contributed by atoms with E-state index in [1.165, 1.54) is 0 Å². The van der Waals surface area contributed by atoms with Crippen LogP contribution in [0, 0.1) is 6.92 Å². The van der Waals surface area contributed by atoms with Gasteiger partial charge in [-0.25, -0.2) is 4.79 Å². The fourth-order valence-electron chi connectivity index (χ4n) is 2.79. The number of anilines is 1. The maximum absolute atomic E-state index is 12.1. The number of carbonyl (C=O) groups excluding carboxylic acids is 1. The van der Waals surface area contributed by atoms with Gasteiger partial charge in [0, 0.05) is 24.6 Å². The number of likely N-dealkylation sites (tertiary alicyclic amines) is 1. The van der Waals surface area contributed by atoms with Crippen LogP contribution >= 0.6 is 0 Å². The second-order valence-electron chi connectivity index (χ2n) is 5.56. The number of nitrogens with zero attached hydrogens (tertiary/aromatic N) is 2.